The lowest BCUT2D eigenvalue weighted by Gasteiger charge is -1.95. The summed E-state index contributed by atoms with van der Waals surface area (Å²) in [6.45, 7) is 7.82. The average molecular weight is 186 g/mol. The number of esters is 1. The van der Waals surface area contributed by atoms with Gasteiger partial charge in [0.25, 0.3) is 0 Å². The SMILES string of the molecule is CC1=NNC(C)C1.CCOC(C)=O. The first kappa shape index (κ1) is 11.9. The van der Waals surface area contributed by atoms with Gasteiger partial charge >= 0.3 is 5.97 Å². The van der Waals surface area contributed by atoms with Crippen LogP contribution in [0.5, 0.6) is 0 Å². The first-order valence-electron chi connectivity index (χ1n) is 4.48. The largest absolute Gasteiger partial charge is 0.466 e. The standard InChI is InChI=1S/C5H10N2.C4H8O2/c1-4-3-5(2)7-6-4;1-3-6-4(2)5/h4,6H,3H2,1-2H3;3H2,1-2H3. The summed E-state index contributed by atoms with van der Waals surface area (Å²) in [5.41, 5.74) is 4.17. The van der Waals surface area contributed by atoms with Crippen molar-refractivity contribution in [3.63, 3.8) is 0 Å². The van der Waals surface area contributed by atoms with Crippen LogP contribution in [0.25, 0.3) is 0 Å². The summed E-state index contributed by atoms with van der Waals surface area (Å²) in [7, 11) is 0. The number of nitrogens with zero attached hydrogens (tertiary/aromatic N) is 1. The van der Waals surface area contributed by atoms with Gasteiger partial charge in [0.1, 0.15) is 0 Å². The molecular formula is C9H18N2O2. The second-order valence-electron chi connectivity index (χ2n) is 3.01. The number of hydrazone groups is 1. The fraction of sp³-hybridized carbons (Fsp3) is 0.778. The van der Waals surface area contributed by atoms with Gasteiger partial charge in [-0.1, -0.05) is 0 Å². The Morgan fingerprint density at radius 2 is 2.38 bits per heavy atom. The molecule has 0 amide bonds. The number of nitrogens with one attached hydrogen (secondary N) is 1. The number of hydrogen-bond donors (Lipinski definition) is 1. The summed E-state index contributed by atoms with van der Waals surface area (Å²) < 4.78 is 4.40. The first-order chi connectivity index (χ1) is 6.06. The normalized spacial score (nSPS) is 19.4. The van der Waals surface area contributed by atoms with E-state index in [9.17, 15) is 4.79 Å². The molecule has 13 heavy (non-hydrogen) atoms. The third-order valence-electron chi connectivity index (χ3n) is 1.42. The van der Waals surface area contributed by atoms with E-state index in [0.29, 0.717) is 12.6 Å². The molecule has 0 aromatic rings. The predicted octanol–water partition coefficient (Wildman–Crippen LogP) is 1.31. The molecule has 0 saturated heterocycles. The molecule has 0 saturated carbocycles. The number of carbonyl (C=O) groups excluding carboxylic acids is 1. The maximum atomic E-state index is 9.82. The summed E-state index contributed by atoms with van der Waals surface area (Å²) in [4.78, 5) is 9.82. The van der Waals surface area contributed by atoms with E-state index in [1.807, 2.05) is 6.92 Å². The van der Waals surface area contributed by atoms with Crippen LogP contribution in [0, 0.1) is 0 Å². The molecular weight excluding hydrogens is 168 g/mol. The van der Waals surface area contributed by atoms with Crippen molar-refractivity contribution >= 4 is 11.7 Å². The van der Waals surface area contributed by atoms with Gasteiger partial charge in [-0.25, -0.2) is 0 Å². The van der Waals surface area contributed by atoms with Crippen LogP contribution in [-0.4, -0.2) is 24.3 Å². The zero-order valence-corrected chi connectivity index (χ0v) is 8.76. The second-order valence-corrected chi connectivity index (χ2v) is 3.01. The van der Waals surface area contributed by atoms with Gasteiger partial charge in [-0.2, -0.15) is 5.10 Å². The molecule has 0 fully saturated rings. The molecule has 0 radical (unpaired) electrons. The predicted molar refractivity (Wildman–Crippen MR) is 52.6 cm³/mol. The lowest BCUT2D eigenvalue weighted by molar-refractivity contribution is -0.140. The minimum Gasteiger partial charge on any atom is -0.466 e. The summed E-state index contributed by atoms with van der Waals surface area (Å²) in [6, 6.07) is 0.569. The van der Waals surface area contributed by atoms with Crippen molar-refractivity contribution in [2.45, 2.75) is 40.2 Å². The Kier molecular flexibility index (Phi) is 5.93. The first-order valence-corrected chi connectivity index (χ1v) is 4.48. The van der Waals surface area contributed by atoms with E-state index >= 15 is 0 Å². The topological polar surface area (TPSA) is 50.7 Å². The summed E-state index contributed by atoms with van der Waals surface area (Å²) >= 11 is 0. The fourth-order valence-electron chi connectivity index (χ4n) is 0.958. The molecule has 1 N–H and O–H groups in total. The van der Waals surface area contributed by atoms with E-state index in [1.54, 1.807) is 6.92 Å². The van der Waals surface area contributed by atoms with Crippen molar-refractivity contribution in [1.82, 2.24) is 5.43 Å². The molecule has 4 heteroatoms. The maximum Gasteiger partial charge on any atom is 0.302 e. The highest BCUT2D eigenvalue weighted by atomic mass is 16.5. The van der Waals surface area contributed by atoms with Gasteiger partial charge in [0.15, 0.2) is 0 Å². The van der Waals surface area contributed by atoms with E-state index in [0.717, 1.165) is 6.42 Å². The molecule has 0 aromatic heterocycles. The molecule has 76 valence electrons. The molecule has 1 atom stereocenters. The van der Waals surface area contributed by atoms with Gasteiger partial charge < -0.3 is 10.2 Å². The number of ether oxygens (including phenoxy) is 1. The van der Waals surface area contributed by atoms with Crippen LogP contribution in [0.15, 0.2) is 5.10 Å². The molecule has 0 aliphatic carbocycles. The zero-order chi connectivity index (χ0) is 10.3. The summed E-state index contributed by atoms with van der Waals surface area (Å²) in [5, 5.41) is 3.98. The van der Waals surface area contributed by atoms with Gasteiger partial charge in [0.2, 0.25) is 0 Å². The molecule has 1 aliphatic heterocycles. The van der Waals surface area contributed by atoms with Crippen LogP contribution in [-0.2, 0) is 9.53 Å². The number of rotatable bonds is 1. The van der Waals surface area contributed by atoms with Crippen LogP contribution in [0.4, 0.5) is 0 Å². The minimum atomic E-state index is -0.211. The van der Waals surface area contributed by atoms with E-state index < -0.39 is 0 Å². The van der Waals surface area contributed by atoms with E-state index in [1.165, 1.54) is 12.6 Å². The fourth-order valence-corrected chi connectivity index (χ4v) is 0.958. The molecule has 0 aromatic carbocycles. The monoisotopic (exact) mass is 186 g/mol. The third kappa shape index (κ3) is 7.31. The van der Waals surface area contributed by atoms with Crippen molar-refractivity contribution in [3.8, 4) is 0 Å². The molecule has 1 heterocycles. The Morgan fingerprint density at radius 3 is 2.46 bits per heavy atom. The van der Waals surface area contributed by atoms with Crippen molar-refractivity contribution in [1.29, 1.82) is 0 Å². The van der Waals surface area contributed by atoms with Crippen molar-refractivity contribution in [2.75, 3.05) is 6.61 Å². The average Bonchev–Trinajstić information content (AvgIpc) is 2.35. The second kappa shape index (κ2) is 6.46. The Morgan fingerprint density at radius 1 is 1.77 bits per heavy atom. The molecule has 0 bridgehead atoms. The summed E-state index contributed by atoms with van der Waals surface area (Å²) in [5.74, 6) is -0.211. The number of hydrogen-bond acceptors (Lipinski definition) is 4. The van der Waals surface area contributed by atoms with E-state index in [4.69, 9.17) is 0 Å². The molecule has 4 nitrogen and oxygen atoms in total. The van der Waals surface area contributed by atoms with E-state index in [2.05, 4.69) is 22.2 Å². The Labute approximate surface area is 79.3 Å². The van der Waals surface area contributed by atoms with Gasteiger partial charge in [0, 0.05) is 25.1 Å². The van der Waals surface area contributed by atoms with Gasteiger partial charge in [0.05, 0.1) is 6.61 Å². The zero-order valence-electron chi connectivity index (χ0n) is 8.76. The molecule has 1 aliphatic rings. The van der Waals surface area contributed by atoms with Crippen LogP contribution < -0.4 is 5.43 Å². The lowest BCUT2D eigenvalue weighted by Crippen LogP contribution is -2.13. The van der Waals surface area contributed by atoms with Gasteiger partial charge in [-0.3, -0.25) is 4.79 Å². The van der Waals surface area contributed by atoms with Crippen LogP contribution in [0.1, 0.15) is 34.1 Å². The molecule has 0 spiro atoms. The molecule has 1 rings (SSSR count). The Hall–Kier alpha value is -1.06. The van der Waals surface area contributed by atoms with E-state index in [-0.39, 0.29) is 5.97 Å². The smallest absolute Gasteiger partial charge is 0.302 e. The quantitative estimate of drug-likeness (QED) is 0.628. The van der Waals surface area contributed by atoms with Crippen LogP contribution in [0.2, 0.25) is 0 Å². The molecule has 1 unspecified atom stereocenters. The van der Waals surface area contributed by atoms with Crippen molar-refractivity contribution in [3.05, 3.63) is 0 Å². The highest BCUT2D eigenvalue weighted by Gasteiger charge is 2.07. The van der Waals surface area contributed by atoms with Crippen LogP contribution in [0.3, 0.4) is 0 Å². The highest BCUT2D eigenvalue weighted by Crippen LogP contribution is 1.99. The minimum absolute atomic E-state index is 0.211. The summed E-state index contributed by atoms with van der Waals surface area (Å²) in [6.07, 6.45) is 1.11. The number of carbonyl (C=O) groups is 1. The van der Waals surface area contributed by atoms with Crippen molar-refractivity contribution < 1.29 is 9.53 Å². The Bertz CT molecular complexity index is 190. The van der Waals surface area contributed by atoms with Gasteiger partial charge in [-0.05, 0) is 20.8 Å². The highest BCUT2D eigenvalue weighted by molar-refractivity contribution is 5.83. The lowest BCUT2D eigenvalue weighted by atomic mass is 10.2. The van der Waals surface area contributed by atoms with Crippen LogP contribution >= 0.6 is 0 Å². The van der Waals surface area contributed by atoms with Crippen molar-refractivity contribution in [2.24, 2.45) is 5.10 Å². The van der Waals surface area contributed by atoms with Gasteiger partial charge in [-0.15, -0.1) is 0 Å². The maximum absolute atomic E-state index is 9.82. The Balaban J connectivity index is 0.000000226. The third-order valence-corrected chi connectivity index (χ3v) is 1.42.